The first-order valence-electron chi connectivity index (χ1n) is 4.97. The van der Waals surface area contributed by atoms with E-state index in [1.54, 1.807) is 28.7 Å². The van der Waals surface area contributed by atoms with Crippen molar-refractivity contribution in [2.75, 3.05) is 0 Å². The molecule has 2 heterocycles. The maximum atomic E-state index is 14.0. The molecule has 90 valence electrons. The second-order valence-corrected chi connectivity index (χ2v) is 4.81. The van der Waals surface area contributed by atoms with Gasteiger partial charge in [0, 0.05) is 6.07 Å². The van der Waals surface area contributed by atoms with Crippen LogP contribution in [0.4, 0.5) is 4.39 Å². The van der Waals surface area contributed by atoms with Gasteiger partial charge in [0.2, 0.25) is 0 Å². The number of benzene rings is 1. The van der Waals surface area contributed by atoms with Crippen molar-refractivity contribution >= 4 is 33.2 Å². The van der Waals surface area contributed by atoms with Gasteiger partial charge in [0.15, 0.2) is 11.5 Å². The maximum Gasteiger partial charge on any atom is 0.172 e. The first-order valence-corrected chi connectivity index (χ1v) is 6.14. The van der Waals surface area contributed by atoms with Crippen molar-refractivity contribution in [3.05, 3.63) is 46.0 Å². The monoisotopic (exact) mass is 326 g/mol. The molecule has 0 fully saturated rings. The van der Waals surface area contributed by atoms with Gasteiger partial charge in [-0.15, -0.1) is 10.2 Å². The van der Waals surface area contributed by atoms with Crippen molar-refractivity contribution in [2.24, 2.45) is 0 Å². The van der Waals surface area contributed by atoms with Gasteiger partial charge < -0.3 is 0 Å². The minimum absolute atomic E-state index is 0.316. The predicted molar refractivity (Wildman–Crippen MR) is 68.9 cm³/mol. The molecular formula is C11H5BrClFN4. The molecule has 0 aliphatic rings. The van der Waals surface area contributed by atoms with Crippen molar-refractivity contribution in [3.63, 3.8) is 0 Å². The van der Waals surface area contributed by atoms with Crippen LogP contribution in [0.5, 0.6) is 0 Å². The van der Waals surface area contributed by atoms with Crippen LogP contribution in [0.2, 0.25) is 5.15 Å². The smallest absolute Gasteiger partial charge is 0.172 e. The van der Waals surface area contributed by atoms with Gasteiger partial charge in [-0.1, -0.05) is 17.7 Å². The Morgan fingerprint density at radius 1 is 1.28 bits per heavy atom. The average molecular weight is 328 g/mol. The SMILES string of the molecule is Fc1c(Br)cccc1-c1nnc2cc(Cl)ncn12. The molecule has 0 amide bonds. The Bertz CT molecular complexity index is 743. The number of fused-ring (bicyclic) bond motifs is 1. The molecule has 0 saturated carbocycles. The van der Waals surface area contributed by atoms with Crippen molar-refractivity contribution in [2.45, 2.75) is 0 Å². The molecular weight excluding hydrogens is 323 g/mol. The van der Waals surface area contributed by atoms with Gasteiger partial charge >= 0.3 is 0 Å². The number of halogens is 3. The van der Waals surface area contributed by atoms with E-state index in [0.717, 1.165) is 0 Å². The first-order chi connectivity index (χ1) is 8.66. The summed E-state index contributed by atoms with van der Waals surface area (Å²) in [7, 11) is 0. The third kappa shape index (κ3) is 1.77. The highest BCUT2D eigenvalue weighted by molar-refractivity contribution is 9.10. The molecule has 3 rings (SSSR count). The second-order valence-electron chi connectivity index (χ2n) is 3.56. The van der Waals surface area contributed by atoms with Crippen LogP contribution in [-0.4, -0.2) is 19.6 Å². The van der Waals surface area contributed by atoms with Crippen molar-refractivity contribution in [3.8, 4) is 11.4 Å². The van der Waals surface area contributed by atoms with Gasteiger partial charge in [-0.3, -0.25) is 4.40 Å². The highest BCUT2D eigenvalue weighted by atomic mass is 79.9. The second kappa shape index (κ2) is 4.29. The van der Waals surface area contributed by atoms with Crippen LogP contribution in [0.3, 0.4) is 0 Å². The van der Waals surface area contributed by atoms with E-state index in [-0.39, 0.29) is 5.82 Å². The topological polar surface area (TPSA) is 43.1 Å². The van der Waals surface area contributed by atoms with Crippen molar-refractivity contribution in [1.82, 2.24) is 19.6 Å². The standard InChI is InChI=1S/C11H5BrClFN4/c12-7-3-1-2-6(10(7)14)11-17-16-9-4-8(13)15-5-18(9)11/h1-5H. The largest absolute Gasteiger partial charge is 0.265 e. The van der Waals surface area contributed by atoms with E-state index in [1.807, 2.05) is 0 Å². The third-order valence-corrected chi connectivity index (χ3v) is 3.28. The highest BCUT2D eigenvalue weighted by Gasteiger charge is 2.14. The van der Waals surface area contributed by atoms with Gasteiger partial charge in [-0.25, -0.2) is 9.37 Å². The molecule has 18 heavy (non-hydrogen) atoms. The zero-order valence-electron chi connectivity index (χ0n) is 8.81. The summed E-state index contributed by atoms with van der Waals surface area (Å²) in [6.45, 7) is 0. The minimum atomic E-state index is -0.387. The first kappa shape index (κ1) is 11.6. The molecule has 0 radical (unpaired) electrons. The zero-order valence-corrected chi connectivity index (χ0v) is 11.2. The molecule has 0 unspecified atom stereocenters. The van der Waals surface area contributed by atoms with Gasteiger partial charge in [0.1, 0.15) is 17.3 Å². The zero-order chi connectivity index (χ0) is 12.7. The van der Waals surface area contributed by atoms with E-state index >= 15 is 0 Å². The van der Waals surface area contributed by atoms with Crippen LogP contribution in [-0.2, 0) is 0 Å². The molecule has 0 spiro atoms. The van der Waals surface area contributed by atoms with Crippen LogP contribution < -0.4 is 0 Å². The lowest BCUT2D eigenvalue weighted by Gasteiger charge is -2.02. The summed E-state index contributed by atoms with van der Waals surface area (Å²) in [4.78, 5) is 3.93. The van der Waals surface area contributed by atoms with E-state index in [2.05, 4.69) is 31.1 Å². The molecule has 3 aromatic rings. The number of aromatic nitrogens is 4. The van der Waals surface area contributed by atoms with Crippen molar-refractivity contribution in [1.29, 1.82) is 0 Å². The fraction of sp³-hybridized carbons (Fsp3) is 0. The van der Waals surface area contributed by atoms with E-state index in [4.69, 9.17) is 11.6 Å². The molecule has 7 heteroatoms. The minimum Gasteiger partial charge on any atom is -0.265 e. The van der Waals surface area contributed by atoms with E-state index in [9.17, 15) is 4.39 Å². The fourth-order valence-corrected chi connectivity index (χ4v) is 2.14. The molecule has 2 aromatic heterocycles. The van der Waals surface area contributed by atoms with Crippen LogP contribution in [0.25, 0.3) is 17.0 Å². The third-order valence-electron chi connectivity index (χ3n) is 2.46. The highest BCUT2D eigenvalue weighted by Crippen LogP contribution is 2.26. The molecule has 0 aliphatic heterocycles. The number of hydrogen-bond acceptors (Lipinski definition) is 3. The summed E-state index contributed by atoms with van der Waals surface area (Å²) < 4.78 is 16.0. The van der Waals surface area contributed by atoms with E-state index in [0.29, 0.717) is 26.7 Å². The Kier molecular flexibility index (Phi) is 2.76. The predicted octanol–water partition coefficient (Wildman–Crippen LogP) is 3.35. The fourth-order valence-electron chi connectivity index (χ4n) is 1.63. The van der Waals surface area contributed by atoms with Gasteiger partial charge in [-0.05, 0) is 28.1 Å². The number of rotatable bonds is 1. The lowest BCUT2D eigenvalue weighted by molar-refractivity contribution is 0.623. The Balaban J connectivity index is 2.29. The Morgan fingerprint density at radius 2 is 2.11 bits per heavy atom. The van der Waals surface area contributed by atoms with Crippen LogP contribution in [0.15, 0.2) is 35.1 Å². The summed E-state index contributed by atoms with van der Waals surface area (Å²) >= 11 is 8.89. The van der Waals surface area contributed by atoms with Crippen LogP contribution in [0.1, 0.15) is 0 Å². The summed E-state index contributed by atoms with van der Waals surface area (Å²) in [5.74, 6) is -0.00489. The molecule has 1 aromatic carbocycles. The summed E-state index contributed by atoms with van der Waals surface area (Å²) in [6.07, 6.45) is 1.47. The molecule has 4 nitrogen and oxygen atoms in total. The van der Waals surface area contributed by atoms with Crippen molar-refractivity contribution < 1.29 is 4.39 Å². The molecule has 0 bridgehead atoms. The van der Waals surface area contributed by atoms with Gasteiger partial charge in [-0.2, -0.15) is 0 Å². The normalized spacial score (nSPS) is 11.1. The average Bonchev–Trinajstić information content (AvgIpc) is 2.75. The molecule has 0 atom stereocenters. The lowest BCUT2D eigenvalue weighted by Crippen LogP contribution is -1.94. The Labute approximate surface area is 115 Å². The quantitative estimate of drug-likeness (QED) is 0.644. The summed E-state index contributed by atoms with van der Waals surface area (Å²) in [5.41, 5.74) is 0.866. The summed E-state index contributed by atoms with van der Waals surface area (Å²) in [5, 5.41) is 8.21. The van der Waals surface area contributed by atoms with E-state index < -0.39 is 0 Å². The maximum absolute atomic E-state index is 14.0. The Hall–Kier alpha value is -1.53. The Morgan fingerprint density at radius 3 is 2.94 bits per heavy atom. The van der Waals surface area contributed by atoms with Gasteiger partial charge in [0.25, 0.3) is 0 Å². The van der Waals surface area contributed by atoms with Gasteiger partial charge in [0.05, 0.1) is 10.0 Å². The summed E-state index contributed by atoms with van der Waals surface area (Å²) in [6, 6.07) is 6.54. The molecule has 0 aliphatic carbocycles. The number of nitrogens with zero attached hydrogens (tertiary/aromatic N) is 4. The van der Waals surface area contributed by atoms with Crippen LogP contribution >= 0.6 is 27.5 Å². The number of hydrogen-bond donors (Lipinski definition) is 0. The lowest BCUT2D eigenvalue weighted by atomic mass is 10.2. The van der Waals surface area contributed by atoms with Crippen LogP contribution in [0, 0.1) is 5.82 Å². The molecule has 0 saturated heterocycles. The molecule has 0 N–H and O–H groups in total. The van der Waals surface area contributed by atoms with E-state index in [1.165, 1.54) is 6.33 Å².